The molecule has 7 nitrogen and oxygen atoms in total. The lowest BCUT2D eigenvalue weighted by Crippen LogP contribution is -2.50. The number of sulfonamides is 1. The zero-order valence-electron chi connectivity index (χ0n) is 17.4. The van der Waals surface area contributed by atoms with E-state index in [-0.39, 0.29) is 27.3 Å². The summed E-state index contributed by atoms with van der Waals surface area (Å²) in [6.07, 6.45) is 0.947. The molecule has 0 spiro atoms. The highest BCUT2D eigenvalue weighted by molar-refractivity contribution is 7.92. The molecule has 0 fully saturated rings. The summed E-state index contributed by atoms with van der Waals surface area (Å²) in [6.45, 7) is 0.929. The fourth-order valence-electron chi connectivity index (χ4n) is 2.90. The summed E-state index contributed by atoms with van der Waals surface area (Å²) in [5.74, 6) is -1.06. The molecule has 2 aromatic rings. The Kier molecular flexibility index (Phi) is 9.07. The third-order valence-electron chi connectivity index (χ3n) is 4.61. The van der Waals surface area contributed by atoms with Crippen LogP contribution in [0.25, 0.3) is 0 Å². The van der Waals surface area contributed by atoms with Crippen molar-refractivity contribution in [2.24, 2.45) is 0 Å². The Labute approximate surface area is 207 Å². The number of nitrogens with zero attached hydrogens (tertiary/aromatic N) is 2. The molecule has 0 saturated heterocycles. The zero-order valence-corrected chi connectivity index (χ0v) is 21.2. The second-order valence-electron chi connectivity index (χ2n) is 6.93. The van der Waals surface area contributed by atoms with E-state index in [0.717, 1.165) is 10.6 Å². The highest BCUT2D eigenvalue weighted by atomic mass is 35.5. The van der Waals surface area contributed by atoms with Crippen LogP contribution in [0, 0.1) is 0 Å². The molecule has 32 heavy (non-hydrogen) atoms. The summed E-state index contributed by atoms with van der Waals surface area (Å²) < 4.78 is 25.8. The molecule has 12 heteroatoms. The van der Waals surface area contributed by atoms with E-state index < -0.39 is 34.4 Å². The molecule has 174 valence electrons. The van der Waals surface area contributed by atoms with Gasteiger partial charge in [-0.05, 0) is 42.8 Å². The number of hydrogen-bond acceptors (Lipinski definition) is 4. The number of amides is 2. The van der Waals surface area contributed by atoms with E-state index in [1.54, 1.807) is 18.2 Å². The molecule has 2 amide bonds. The van der Waals surface area contributed by atoms with E-state index in [9.17, 15) is 18.0 Å². The second kappa shape index (κ2) is 10.9. The highest BCUT2D eigenvalue weighted by Gasteiger charge is 2.30. The number of likely N-dealkylation sites (N-methyl/N-ethyl adjacent to an activating group) is 1. The van der Waals surface area contributed by atoms with Crippen molar-refractivity contribution in [1.82, 2.24) is 10.2 Å². The molecular weight excluding hydrogens is 520 g/mol. The number of nitrogens with one attached hydrogen (secondary N) is 1. The number of rotatable bonds is 8. The molecule has 0 bridgehead atoms. The lowest BCUT2D eigenvalue weighted by Gasteiger charge is -2.31. The Morgan fingerprint density at radius 1 is 1.00 bits per heavy atom. The van der Waals surface area contributed by atoms with Crippen LogP contribution < -0.4 is 9.62 Å². The quantitative estimate of drug-likeness (QED) is 0.542. The number of carbonyl (C=O) groups excluding carboxylic acids is 2. The third-order valence-corrected chi connectivity index (χ3v) is 7.03. The fourth-order valence-corrected chi connectivity index (χ4v) is 4.51. The molecule has 0 radical (unpaired) electrons. The van der Waals surface area contributed by atoms with E-state index >= 15 is 0 Å². The molecule has 0 aliphatic rings. The average molecular weight is 541 g/mol. The Bertz CT molecular complexity index is 1130. The van der Waals surface area contributed by atoms with Gasteiger partial charge in [-0.1, -0.05) is 52.5 Å². The number of anilines is 1. The minimum atomic E-state index is -3.92. The predicted molar refractivity (Wildman–Crippen MR) is 129 cm³/mol. The van der Waals surface area contributed by atoms with Gasteiger partial charge in [0.1, 0.15) is 12.6 Å². The summed E-state index contributed by atoms with van der Waals surface area (Å²) in [5, 5.41) is 3.46. The van der Waals surface area contributed by atoms with Crippen molar-refractivity contribution in [2.45, 2.75) is 19.5 Å². The van der Waals surface area contributed by atoms with Gasteiger partial charge in [-0.3, -0.25) is 13.9 Å². The first kappa shape index (κ1) is 26.5. The average Bonchev–Trinajstić information content (AvgIpc) is 2.72. The molecule has 2 rings (SSSR count). The molecule has 0 aliphatic heterocycles. The first-order valence-electron chi connectivity index (χ1n) is 9.23. The Hall–Kier alpha value is -1.71. The van der Waals surface area contributed by atoms with Gasteiger partial charge in [0.2, 0.25) is 21.8 Å². The van der Waals surface area contributed by atoms with Crippen LogP contribution in [0.2, 0.25) is 20.1 Å². The summed E-state index contributed by atoms with van der Waals surface area (Å²) in [4.78, 5) is 26.8. The molecule has 1 N–H and O–H groups in total. The van der Waals surface area contributed by atoms with Crippen LogP contribution in [-0.4, -0.2) is 51.0 Å². The third kappa shape index (κ3) is 6.65. The second-order valence-corrected chi connectivity index (χ2v) is 10.5. The summed E-state index contributed by atoms with van der Waals surface area (Å²) in [5.41, 5.74) is 0.660. The van der Waals surface area contributed by atoms with Crippen molar-refractivity contribution < 1.29 is 18.0 Å². The first-order valence-corrected chi connectivity index (χ1v) is 12.6. The minimum Gasteiger partial charge on any atom is -0.357 e. The van der Waals surface area contributed by atoms with Gasteiger partial charge in [0, 0.05) is 18.6 Å². The number of hydrogen-bond donors (Lipinski definition) is 1. The van der Waals surface area contributed by atoms with Crippen molar-refractivity contribution in [3.05, 3.63) is 62.1 Å². The molecule has 2 aromatic carbocycles. The van der Waals surface area contributed by atoms with E-state index in [2.05, 4.69) is 5.32 Å². The van der Waals surface area contributed by atoms with E-state index in [4.69, 9.17) is 46.4 Å². The van der Waals surface area contributed by atoms with Gasteiger partial charge in [-0.2, -0.15) is 0 Å². The van der Waals surface area contributed by atoms with Crippen LogP contribution in [0.3, 0.4) is 0 Å². The SMILES string of the molecule is CNC(=O)[C@H](C)N(Cc1ccc(Cl)c(Cl)c1)C(=O)CN(c1cc(Cl)ccc1Cl)S(C)(=O)=O. The van der Waals surface area contributed by atoms with Gasteiger partial charge in [0.25, 0.3) is 0 Å². The van der Waals surface area contributed by atoms with E-state index in [0.29, 0.717) is 10.6 Å². The molecular formula is C20H21Cl4N3O4S. The molecule has 0 aromatic heterocycles. The van der Waals surface area contributed by atoms with Crippen molar-refractivity contribution in [1.29, 1.82) is 0 Å². The fraction of sp³-hybridized carbons (Fsp3) is 0.300. The van der Waals surface area contributed by atoms with E-state index in [1.807, 2.05) is 0 Å². The van der Waals surface area contributed by atoms with Gasteiger partial charge in [0.15, 0.2) is 0 Å². The lowest BCUT2D eigenvalue weighted by atomic mass is 10.1. The predicted octanol–water partition coefficient (Wildman–Crippen LogP) is 4.23. The number of carbonyl (C=O) groups is 2. The summed E-state index contributed by atoms with van der Waals surface area (Å²) in [6, 6.07) is 8.18. The Morgan fingerprint density at radius 3 is 2.19 bits per heavy atom. The van der Waals surface area contributed by atoms with Gasteiger partial charge in [0.05, 0.1) is 27.0 Å². The maximum absolute atomic E-state index is 13.3. The van der Waals surface area contributed by atoms with Gasteiger partial charge in [-0.25, -0.2) is 8.42 Å². The standard InChI is InChI=1S/C20H21Cl4N3O4S/c1-12(20(29)25-2)26(10-13-4-6-15(22)17(24)8-13)19(28)11-27(32(3,30)31)18-9-14(21)5-7-16(18)23/h4-9,12H,10-11H2,1-3H3,(H,25,29)/t12-/m0/s1. The lowest BCUT2D eigenvalue weighted by molar-refractivity contribution is -0.139. The van der Waals surface area contributed by atoms with Crippen LogP contribution >= 0.6 is 46.4 Å². The molecule has 1 atom stereocenters. The van der Waals surface area contributed by atoms with Gasteiger partial charge in [-0.15, -0.1) is 0 Å². The molecule has 0 aliphatic carbocycles. The smallest absolute Gasteiger partial charge is 0.244 e. The van der Waals surface area contributed by atoms with Crippen LogP contribution in [-0.2, 0) is 26.2 Å². The maximum Gasteiger partial charge on any atom is 0.244 e. The van der Waals surface area contributed by atoms with Crippen molar-refractivity contribution in [3.8, 4) is 0 Å². The molecule has 0 saturated carbocycles. The van der Waals surface area contributed by atoms with Gasteiger partial charge >= 0.3 is 0 Å². The maximum atomic E-state index is 13.3. The summed E-state index contributed by atoms with van der Waals surface area (Å²) in [7, 11) is -2.48. The highest BCUT2D eigenvalue weighted by Crippen LogP contribution is 2.31. The number of benzene rings is 2. The Morgan fingerprint density at radius 2 is 1.62 bits per heavy atom. The topological polar surface area (TPSA) is 86.8 Å². The normalized spacial score (nSPS) is 12.2. The zero-order chi connectivity index (χ0) is 24.2. The van der Waals surface area contributed by atoms with Crippen LogP contribution in [0.5, 0.6) is 0 Å². The van der Waals surface area contributed by atoms with Gasteiger partial charge < -0.3 is 10.2 Å². The van der Waals surface area contributed by atoms with Crippen molar-refractivity contribution >= 4 is 73.9 Å². The first-order chi connectivity index (χ1) is 14.8. The van der Waals surface area contributed by atoms with E-state index in [1.165, 1.54) is 37.1 Å². The largest absolute Gasteiger partial charge is 0.357 e. The monoisotopic (exact) mass is 539 g/mol. The van der Waals surface area contributed by atoms with Crippen molar-refractivity contribution in [2.75, 3.05) is 24.2 Å². The molecule has 0 unspecified atom stereocenters. The molecule has 0 heterocycles. The minimum absolute atomic E-state index is 0.00874. The van der Waals surface area contributed by atoms with Crippen molar-refractivity contribution in [3.63, 3.8) is 0 Å². The summed E-state index contributed by atoms with van der Waals surface area (Å²) >= 11 is 24.2. The Balaban J connectivity index is 2.44. The number of halogens is 4. The van der Waals surface area contributed by atoms with Crippen LogP contribution in [0.4, 0.5) is 5.69 Å². The van der Waals surface area contributed by atoms with Crippen LogP contribution in [0.15, 0.2) is 36.4 Å². The van der Waals surface area contributed by atoms with Crippen LogP contribution in [0.1, 0.15) is 12.5 Å².